The van der Waals surface area contributed by atoms with E-state index in [1.807, 2.05) is 10.9 Å². The van der Waals surface area contributed by atoms with Crippen LogP contribution in [-0.4, -0.2) is 57.6 Å². The Labute approximate surface area is 261 Å². The van der Waals surface area contributed by atoms with E-state index in [1.165, 1.54) is 25.3 Å². The Balaban J connectivity index is 1.28. The average Bonchev–Trinajstić information content (AvgIpc) is 3.94. The van der Waals surface area contributed by atoms with Gasteiger partial charge in [0, 0.05) is 28.3 Å². The van der Waals surface area contributed by atoms with Gasteiger partial charge >= 0.3 is 0 Å². The monoisotopic (exact) mass is 637 g/mol. The van der Waals surface area contributed by atoms with Crippen LogP contribution in [0.15, 0.2) is 42.6 Å². The number of aliphatic hydroxyl groups is 1. The molecule has 1 unspecified atom stereocenters. The van der Waals surface area contributed by atoms with Gasteiger partial charge in [-0.15, -0.1) is 0 Å². The number of amides is 2. The number of pyridine rings is 1. The summed E-state index contributed by atoms with van der Waals surface area (Å²) in [4.78, 5) is 30.7. The Hall–Kier alpha value is -4.29. The van der Waals surface area contributed by atoms with E-state index in [9.17, 15) is 19.1 Å². The van der Waals surface area contributed by atoms with Gasteiger partial charge in [-0.1, -0.05) is 11.6 Å². The highest BCUT2D eigenvalue weighted by molar-refractivity contribution is 6.31. The Bertz CT molecular complexity index is 1910. The summed E-state index contributed by atoms with van der Waals surface area (Å²) < 4.78 is 43.5. The van der Waals surface area contributed by atoms with Crippen molar-refractivity contribution in [3.8, 4) is 22.8 Å². The molecule has 2 fully saturated rings. The third-order valence-electron chi connectivity index (χ3n) is 9.16. The SMILES string of the molecule is COc1cc(C(=O)NCC(O)(c2cc3c(c(-c4ccc(F)c(Cl)c4)n2)OC[C@]3(C)C(N)=O)C2(F)CC2)cc2cn(C3CC3)nc12. The van der Waals surface area contributed by atoms with Crippen LogP contribution in [0.5, 0.6) is 11.5 Å². The first-order valence-corrected chi connectivity index (χ1v) is 15.0. The fourth-order valence-corrected chi connectivity index (χ4v) is 6.07. The molecule has 4 aromatic rings. The molecule has 3 aliphatic rings. The molecule has 2 atom stereocenters. The number of fused-ring (bicyclic) bond motifs is 2. The number of methoxy groups -OCH3 is 1. The second kappa shape index (κ2) is 10.1. The molecular formula is C32H30ClF2N5O5. The van der Waals surface area contributed by atoms with Gasteiger partial charge in [0.15, 0.2) is 5.60 Å². The zero-order chi connectivity index (χ0) is 31.9. The van der Waals surface area contributed by atoms with Crippen molar-refractivity contribution < 1.29 is 33.0 Å². The van der Waals surface area contributed by atoms with Crippen molar-refractivity contribution in [1.82, 2.24) is 20.1 Å². The predicted octanol–water partition coefficient (Wildman–Crippen LogP) is 4.49. The summed E-state index contributed by atoms with van der Waals surface area (Å²) in [6.07, 6.45) is 3.95. The van der Waals surface area contributed by atoms with Crippen molar-refractivity contribution in [1.29, 1.82) is 0 Å². The quantitative estimate of drug-likeness (QED) is 0.246. The molecular weight excluding hydrogens is 608 g/mol. The molecule has 3 heterocycles. The second-order valence-electron chi connectivity index (χ2n) is 12.3. The van der Waals surface area contributed by atoms with Gasteiger partial charge in [0.2, 0.25) is 5.91 Å². The molecule has 45 heavy (non-hydrogen) atoms. The van der Waals surface area contributed by atoms with Crippen LogP contribution in [0, 0.1) is 5.82 Å². The van der Waals surface area contributed by atoms with Crippen molar-refractivity contribution in [2.45, 2.75) is 55.3 Å². The first kappa shape index (κ1) is 29.4. The Morgan fingerprint density at radius 1 is 1.27 bits per heavy atom. The maximum atomic E-state index is 16.2. The Morgan fingerprint density at radius 3 is 2.67 bits per heavy atom. The minimum atomic E-state index is -2.32. The number of carbonyl (C=O) groups is 2. The topological polar surface area (TPSA) is 142 Å². The molecule has 7 rings (SSSR count). The van der Waals surface area contributed by atoms with Crippen LogP contribution in [0.3, 0.4) is 0 Å². The number of nitrogens with one attached hydrogen (secondary N) is 1. The van der Waals surface area contributed by atoms with Gasteiger partial charge in [-0.3, -0.25) is 14.3 Å². The van der Waals surface area contributed by atoms with Crippen LogP contribution >= 0.6 is 11.6 Å². The van der Waals surface area contributed by atoms with E-state index in [1.54, 1.807) is 19.1 Å². The summed E-state index contributed by atoms with van der Waals surface area (Å²) in [6.45, 7) is 0.903. The molecule has 13 heteroatoms. The molecule has 2 amide bonds. The number of nitrogens with zero attached hydrogens (tertiary/aromatic N) is 3. The number of benzene rings is 2. The molecule has 2 aliphatic carbocycles. The van der Waals surface area contributed by atoms with E-state index in [4.69, 9.17) is 26.8 Å². The number of hydrogen-bond acceptors (Lipinski definition) is 7. The number of alkyl halides is 1. The van der Waals surface area contributed by atoms with Crippen molar-refractivity contribution in [2.75, 3.05) is 20.3 Å². The van der Waals surface area contributed by atoms with Gasteiger partial charge in [-0.2, -0.15) is 5.10 Å². The lowest BCUT2D eigenvalue weighted by atomic mass is 9.80. The lowest BCUT2D eigenvalue weighted by molar-refractivity contribution is -0.123. The number of hydrogen-bond donors (Lipinski definition) is 3. The summed E-state index contributed by atoms with van der Waals surface area (Å²) in [6, 6.07) is 8.81. The van der Waals surface area contributed by atoms with Crippen LogP contribution in [0.25, 0.3) is 22.2 Å². The number of rotatable bonds is 9. The third-order valence-corrected chi connectivity index (χ3v) is 9.45. The molecule has 2 saturated carbocycles. The minimum Gasteiger partial charge on any atom is -0.494 e. The fourth-order valence-electron chi connectivity index (χ4n) is 5.88. The molecule has 2 aromatic heterocycles. The lowest BCUT2D eigenvalue weighted by Crippen LogP contribution is -2.49. The van der Waals surface area contributed by atoms with Gasteiger partial charge in [0.1, 0.15) is 46.2 Å². The first-order chi connectivity index (χ1) is 21.4. The Morgan fingerprint density at radius 2 is 2.02 bits per heavy atom. The van der Waals surface area contributed by atoms with E-state index in [0.29, 0.717) is 28.3 Å². The van der Waals surface area contributed by atoms with E-state index in [0.717, 1.165) is 18.9 Å². The predicted molar refractivity (Wildman–Crippen MR) is 161 cm³/mol. The summed E-state index contributed by atoms with van der Waals surface area (Å²) in [5.74, 6) is -1.34. The summed E-state index contributed by atoms with van der Waals surface area (Å²) in [7, 11) is 1.49. The van der Waals surface area contributed by atoms with Crippen molar-refractivity contribution >= 4 is 34.3 Å². The van der Waals surface area contributed by atoms with Crippen LogP contribution in [0.1, 0.15) is 60.3 Å². The molecule has 0 radical (unpaired) electrons. The van der Waals surface area contributed by atoms with Crippen LogP contribution in [0.4, 0.5) is 8.78 Å². The smallest absolute Gasteiger partial charge is 0.251 e. The number of primary amides is 1. The maximum absolute atomic E-state index is 16.2. The standard InChI is InChI=1S/C32H30ClF2N5O5/c1-30(29(36)42)15-45-27-20(30)12-24(38-26(27)16-3-6-22(34)21(33)10-16)32(43,31(35)7-8-31)14-37-28(41)17-9-18-13-40(19-4-5-19)39-25(18)23(11-17)44-2/h3,6,9-13,19,43H,4-5,7-8,14-15H2,1-2H3,(H2,36,42)(H,37,41)/t30-,32?/m0/s1. The van der Waals surface area contributed by atoms with Crippen molar-refractivity contribution in [2.24, 2.45) is 5.73 Å². The number of ether oxygens (including phenoxy) is 2. The first-order valence-electron chi connectivity index (χ1n) is 14.6. The molecule has 0 bridgehead atoms. The summed E-state index contributed by atoms with van der Waals surface area (Å²) in [5, 5.41) is 19.9. The summed E-state index contributed by atoms with van der Waals surface area (Å²) in [5.41, 5.74) is 1.41. The third kappa shape index (κ3) is 4.69. The van der Waals surface area contributed by atoms with Crippen LogP contribution < -0.4 is 20.5 Å². The van der Waals surface area contributed by atoms with Crippen molar-refractivity contribution in [3.63, 3.8) is 0 Å². The maximum Gasteiger partial charge on any atom is 0.251 e. The molecule has 0 spiro atoms. The molecule has 10 nitrogen and oxygen atoms in total. The lowest BCUT2D eigenvalue weighted by Gasteiger charge is -2.33. The molecule has 4 N–H and O–H groups in total. The molecule has 234 valence electrons. The number of halogens is 3. The fraction of sp³-hybridized carbons (Fsp3) is 0.375. The van der Waals surface area contributed by atoms with Gasteiger partial charge in [0.25, 0.3) is 5.91 Å². The van der Waals surface area contributed by atoms with E-state index < -0.39 is 40.9 Å². The van der Waals surface area contributed by atoms with Crippen LogP contribution in [-0.2, 0) is 15.8 Å². The normalized spacial score (nSPS) is 21.1. The zero-order valence-corrected chi connectivity index (χ0v) is 25.3. The summed E-state index contributed by atoms with van der Waals surface area (Å²) >= 11 is 6.07. The second-order valence-corrected chi connectivity index (χ2v) is 12.7. The van der Waals surface area contributed by atoms with E-state index >= 15 is 4.39 Å². The highest BCUT2D eigenvalue weighted by atomic mass is 35.5. The number of nitrogens with two attached hydrogens (primary N) is 1. The van der Waals surface area contributed by atoms with Gasteiger partial charge in [0.05, 0.1) is 30.4 Å². The largest absolute Gasteiger partial charge is 0.494 e. The Kier molecular flexibility index (Phi) is 6.61. The molecule has 2 aromatic carbocycles. The van der Waals surface area contributed by atoms with Crippen molar-refractivity contribution in [3.05, 3.63) is 70.3 Å². The number of carbonyl (C=O) groups excluding carboxylic acids is 2. The van der Waals surface area contributed by atoms with Gasteiger partial charge in [-0.25, -0.2) is 13.8 Å². The van der Waals surface area contributed by atoms with Gasteiger partial charge < -0.3 is 25.6 Å². The minimum absolute atomic E-state index is 0.0135. The van der Waals surface area contributed by atoms with E-state index in [-0.39, 0.29) is 52.7 Å². The molecule has 0 saturated heterocycles. The average molecular weight is 638 g/mol. The highest BCUT2D eigenvalue weighted by Gasteiger charge is 2.62. The van der Waals surface area contributed by atoms with Crippen LogP contribution in [0.2, 0.25) is 5.02 Å². The van der Waals surface area contributed by atoms with E-state index in [2.05, 4.69) is 15.4 Å². The number of aromatic nitrogens is 3. The van der Waals surface area contributed by atoms with Gasteiger partial charge in [-0.05, 0) is 69.0 Å². The zero-order valence-electron chi connectivity index (χ0n) is 24.5. The molecule has 1 aliphatic heterocycles. The highest BCUT2D eigenvalue weighted by Crippen LogP contribution is 2.55.